The van der Waals surface area contributed by atoms with Gasteiger partial charge in [-0.2, -0.15) is 0 Å². The number of nitro benzene ring substituents is 2. The van der Waals surface area contributed by atoms with Crippen molar-refractivity contribution < 1.29 is 14.6 Å². The molecule has 1 aromatic heterocycles. The highest BCUT2D eigenvalue weighted by molar-refractivity contribution is 5.85. The van der Waals surface area contributed by atoms with E-state index in [1.54, 1.807) is 31.4 Å². The summed E-state index contributed by atoms with van der Waals surface area (Å²) in [6, 6.07) is 9.23. The second-order valence-corrected chi connectivity index (χ2v) is 4.69. The molecule has 0 radical (unpaired) electrons. The summed E-state index contributed by atoms with van der Waals surface area (Å²) in [7, 11) is 1.55. The maximum absolute atomic E-state index is 11.0. The number of hydrogen-bond acceptors (Lipinski definition) is 6. The second kappa shape index (κ2) is 5.37. The van der Waals surface area contributed by atoms with Crippen molar-refractivity contribution >= 4 is 22.4 Å². The molecule has 0 amide bonds. The summed E-state index contributed by atoms with van der Waals surface area (Å²) in [5, 5.41) is 21.9. The molecule has 23 heavy (non-hydrogen) atoms. The van der Waals surface area contributed by atoms with Crippen LogP contribution in [-0.2, 0) is 0 Å². The van der Waals surface area contributed by atoms with E-state index in [-0.39, 0.29) is 5.52 Å². The van der Waals surface area contributed by atoms with Gasteiger partial charge < -0.3 is 9.72 Å². The molecule has 9 nitrogen and oxygen atoms in total. The molecule has 3 aromatic rings. The monoisotopic (exact) mass is 314 g/mol. The van der Waals surface area contributed by atoms with Crippen molar-refractivity contribution in [2.45, 2.75) is 0 Å². The molecule has 0 bridgehead atoms. The third-order valence-electron chi connectivity index (χ3n) is 3.34. The summed E-state index contributed by atoms with van der Waals surface area (Å²) >= 11 is 0. The SMILES string of the molecule is COc1ccc(-c2nc3cc([N+](=O)[O-])c([N+](=O)[O-])cc3[nH]2)cc1. The molecule has 0 fully saturated rings. The van der Waals surface area contributed by atoms with Crippen molar-refractivity contribution in [3.8, 4) is 17.1 Å². The van der Waals surface area contributed by atoms with Crippen LogP contribution >= 0.6 is 0 Å². The van der Waals surface area contributed by atoms with Crippen molar-refractivity contribution in [2.75, 3.05) is 7.11 Å². The number of benzene rings is 2. The lowest BCUT2D eigenvalue weighted by atomic mass is 10.2. The Balaban J connectivity index is 2.14. The standard InChI is InChI=1S/C14H10N4O5/c1-23-9-4-2-8(3-5-9)14-15-10-6-12(17(19)20)13(18(21)22)7-11(10)16-14/h2-7H,1H3,(H,15,16). The van der Waals surface area contributed by atoms with E-state index in [1.807, 2.05) is 0 Å². The van der Waals surface area contributed by atoms with Gasteiger partial charge in [-0.1, -0.05) is 0 Å². The van der Waals surface area contributed by atoms with E-state index in [1.165, 1.54) is 0 Å². The summed E-state index contributed by atoms with van der Waals surface area (Å²) in [5.74, 6) is 1.13. The van der Waals surface area contributed by atoms with E-state index in [2.05, 4.69) is 9.97 Å². The molecule has 1 heterocycles. The Morgan fingerprint density at radius 3 is 2.22 bits per heavy atom. The summed E-state index contributed by atoms with van der Waals surface area (Å²) < 4.78 is 5.07. The molecule has 0 saturated heterocycles. The van der Waals surface area contributed by atoms with Crippen molar-refractivity contribution in [3.05, 3.63) is 56.6 Å². The number of imidazole rings is 1. The van der Waals surface area contributed by atoms with Crippen LogP contribution in [0, 0.1) is 20.2 Å². The fraction of sp³-hybridized carbons (Fsp3) is 0.0714. The quantitative estimate of drug-likeness (QED) is 0.583. The highest BCUT2D eigenvalue weighted by Crippen LogP contribution is 2.32. The zero-order valence-corrected chi connectivity index (χ0v) is 11.8. The average Bonchev–Trinajstić information content (AvgIpc) is 2.96. The number of nitrogens with one attached hydrogen (secondary N) is 1. The number of aromatic amines is 1. The Kier molecular flexibility index (Phi) is 3.37. The number of hydrogen-bond donors (Lipinski definition) is 1. The molecule has 2 aromatic carbocycles. The number of aromatic nitrogens is 2. The van der Waals surface area contributed by atoms with E-state index < -0.39 is 21.2 Å². The van der Waals surface area contributed by atoms with Gasteiger partial charge in [0.25, 0.3) is 0 Å². The second-order valence-electron chi connectivity index (χ2n) is 4.69. The highest BCUT2D eigenvalue weighted by Gasteiger charge is 2.26. The van der Waals surface area contributed by atoms with E-state index in [0.29, 0.717) is 17.1 Å². The minimum Gasteiger partial charge on any atom is -0.497 e. The van der Waals surface area contributed by atoms with Gasteiger partial charge in [0.05, 0.1) is 34.1 Å². The van der Waals surface area contributed by atoms with E-state index in [4.69, 9.17) is 4.74 Å². The molecular formula is C14H10N4O5. The summed E-state index contributed by atoms with van der Waals surface area (Å²) in [4.78, 5) is 27.5. The minimum absolute atomic E-state index is 0.285. The Morgan fingerprint density at radius 1 is 1.04 bits per heavy atom. The van der Waals surface area contributed by atoms with E-state index in [0.717, 1.165) is 17.7 Å². The first-order chi connectivity index (χ1) is 11.0. The lowest BCUT2D eigenvalue weighted by molar-refractivity contribution is -0.422. The molecule has 116 valence electrons. The summed E-state index contributed by atoms with van der Waals surface area (Å²) in [6.45, 7) is 0. The first kappa shape index (κ1) is 14.4. The third-order valence-corrected chi connectivity index (χ3v) is 3.34. The topological polar surface area (TPSA) is 124 Å². The van der Waals surface area contributed by atoms with Gasteiger partial charge in [-0.25, -0.2) is 4.98 Å². The van der Waals surface area contributed by atoms with Crippen LogP contribution in [0.4, 0.5) is 11.4 Å². The molecule has 0 aliphatic heterocycles. The fourth-order valence-corrected chi connectivity index (χ4v) is 2.21. The smallest absolute Gasteiger partial charge is 0.348 e. The number of methoxy groups -OCH3 is 1. The maximum atomic E-state index is 11.0. The van der Waals surface area contributed by atoms with Crippen LogP contribution in [0.5, 0.6) is 5.75 Å². The minimum atomic E-state index is -0.792. The van der Waals surface area contributed by atoms with Gasteiger partial charge in [0.2, 0.25) is 0 Å². The Hall–Kier alpha value is -3.49. The average molecular weight is 314 g/mol. The van der Waals surface area contributed by atoms with Gasteiger partial charge in [0.15, 0.2) is 0 Å². The summed E-state index contributed by atoms with van der Waals surface area (Å²) in [5.41, 5.74) is 0.205. The van der Waals surface area contributed by atoms with Crippen molar-refractivity contribution in [3.63, 3.8) is 0 Å². The molecule has 1 N–H and O–H groups in total. The lowest BCUT2D eigenvalue weighted by Gasteiger charge is -2.00. The van der Waals surface area contributed by atoms with Crippen LogP contribution in [0.25, 0.3) is 22.4 Å². The van der Waals surface area contributed by atoms with Gasteiger partial charge >= 0.3 is 11.4 Å². The lowest BCUT2D eigenvalue weighted by Crippen LogP contribution is -1.96. The molecule has 0 saturated carbocycles. The molecule has 9 heteroatoms. The maximum Gasteiger partial charge on any atom is 0.348 e. The zero-order valence-electron chi connectivity index (χ0n) is 11.8. The van der Waals surface area contributed by atoms with Crippen LogP contribution in [0.15, 0.2) is 36.4 Å². The van der Waals surface area contributed by atoms with Crippen LogP contribution in [0.3, 0.4) is 0 Å². The Morgan fingerprint density at radius 2 is 1.65 bits per heavy atom. The predicted molar refractivity (Wildman–Crippen MR) is 81.4 cm³/mol. The number of rotatable bonds is 4. The number of fused-ring (bicyclic) bond motifs is 1. The number of nitrogens with zero attached hydrogens (tertiary/aromatic N) is 3. The number of nitro groups is 2. The first-order valence-electron chi connectivity index (χ1n) is 6.46. The third kappa shape index (κ3) is 2.55. The van der Waals surface area contributed by atoms with Crippen molar-refractivity contribution in [1.29, 1.82) is 0 Å². The van der Waals surface area contributed by atoms with Gasteiger partial charge in [-0.3, -0.25) is 20.2 Å². The van der Waals surface area contributed by atoms with Gasteiger partial charge in [0, 0.05) is 11.6 Å². The van der Waals surface area contributed by atoms with Gasteiger partial charge in [0.1, 0.15) is 11.6 Å². The predicted octanol–water partition coefficient (Wildman–Crippen LogP) is 3.05. The zero-order chi connectivity index (χ0) is 16.6. The first-order valence-corrected chi connectivity index (χ1v) is 6.46. The highest BCUT2D eigenvalue weighted by atomic mass is 16.6. The largest absolute Gasteiger partial charge is 0.497 e. The molecule has 0 aliphatic rings. The van der Waals surface area contributed by atoms with Crippen LogP contribution in [0.2, 0.25) is 0 Å². The van der Waals surface area contributed by atoms with Crippen LogP contribution in [-0.4, -0.2) is 26.9 Å². The fourth-order valence-electron chi connectivity index (χ4n) is 2.21. The Labute approximate surface area is 128 Å². The normalized spacial score (nSPS) is 10.7. The van der Waals surface area contributed by atoms with E-state index in [9.17, 15) is 20.2 Å². The summed E-state index contributed by atoms with van der Waals surface area (Å²) in [6.07, 6.45) is 0. The molecule has 0 unspecified atom stereocenters. The van der Waals surface area contributed by atoms with Gasteiger partial charge in [-0.05, 0) is 24.3 Å². The number of ether oxygens (including phenoxy) is 1. The van der Waals surface area contributed by atoms with Crippen LogP contribution in [0.1, 0.15) is 0 Å². The molecular weight excluding hydrogens is 304 g/mol. The Bertz CT molecular complexity index is 866. The van der Waals surface area contributed by atoms with Crippen molar-refractivity contribution in [2.24, 2.45) is 0 Å². The van der Waals surface area contributed by atoms with Gasteiger partial charge in [-0.15, -0.1) is 0 Å². The molecule has 0 aliphatic carbocycles. The van der Waals surface area contributed by atoms with Crippen molar-refractivity contribution in [1.82, 2.24) is 9.97 Å². The molecule has 0 atom stereocenters. The number of H-pyrrole nitrogens is 1. The molecule has 3 rings (SSSR count). The van der Waals surface area contributed by atoms with Crippen LogP contribution < -0.4 is 4.74 Å². The molecule has 0 spiro atoms. The van der Waals surface area contributed by atoms with E-state index >= 15 is 0 Å².